The fraction of sp³-hybridized carbons (Fsp3) is 0.250. The van der Waals surface area contributed by atoms with Gasteiger partial charge in [-0.15, -0.1) is 0 Å². The Morgan fingerprint density at radius 1 is 1.10 bits per heavy atom. The van der Waals surface area contributed by atoms with E-state index in [9.17, 15) is 14.4 Å². The molecule has 0 unspecified atom stereocenters. The van der Waals surface area contributed by atoms with Gasteiger partial charge in [0, 0.05) is 6.07 Å². The fourth-order valence-corrected chi connectivity index (χ4v) is 2.99. The number of amides is 4. The molecule has 1 aromatic carbocycles. The summed E-state index contributed by atoms with van der Waals surface area (Å²) in [4.78, 5) is 38.4. The number of nitrogens with zero attached hydrogens (tertiary/aromatic N) is 1. The average molecular weight is 463 g/mol. The highest BCUT2D eigenvalue weighted by Crippen LogP contribution is 2.34. The van der Waals surface area contributed by atoms with E-state index in [1.54, 1.807) is 24.3 Å². The fourth-order valence-electron chi connectivity index (χ4n) is 2.68. The molecule has 152 valence electrons. The first-order chi connectivity index (χ1) is 13.9. The van der Waals surface area contributed by atoms with Gasteiger partial charge in [0.25, 0.3) is 11.8 Å². The number of anilines is 1. The zero-order valence-electron chi connectivity index (χ0n) is 15.9. The summed E-state index contributed by atoms with van der Waals surface area (Å²) >= 11 is 3.16. The van der Waals surface area contributed by atoms with Gasteiger partial charge in [0.1, 0.15) is 11.3 Å². The number of hydrogen-bond donors (Lipinski definition) is 1. The van der Waals surface area contributed by atoms with E-state index in [2.05, 4.69) is 21.2 Å². The Morgan fingerprint density at radius 3 is 2.55 bits per heavy atom. The third-order valence-electron chi connectivity index (χ3n) is 3.93. The molecule has 0 aliphatic carbocycles. The number of carbonyl (C=O) groups is 3. The molecule has 1 aliphatic heterocycles. The molecule has 4 amide bonds. The molecule has 0 radical (unpaired) electrons. The van der Waals surface area contributed by atoms with Gasteiger partial charge in [0.15, 0.2) is 16.2 Å². The van der Waals surface area contributed by atoms with Gasteiger partial charge >= 0.3 is 6.03 Å². The van der Waals surface area contributed by atoms with E-state index in [1.807, 2.05) is 13.8 Å². The molecule has 1 saturated heterocycles. The molecule has 2 aromatic rings. The number of urea groups is 1. The maximum atomic E-state index is 12.9. The summed E-state index contributed by atoms with van der Waals surface area (Å²) < 4.78 is 17.0. The van der Waals surface area contributed by atoms with Crippen LogP contribution < -0.4 is 19.7 Å². The van der Waals surface area contributed by atoms with Gasteiger partial charge < -0.3 is 13.9 Å². The van der Waals surface area contributed by atoms with Crippen LogP contribution in [0.3, 0.4) is 0 Å². The van der Waals surface area contributed by atoms with E-state index < -0.39 is 17.8 Å². The topological polar surface area (TPSA) is 98.1 Å². The lowest BCUT2D eigenvalue weighted by Crippen LogP contribution is -2.54. The van der Waals surface area contributed by atoms with Crippen LogP contribution in [0.5, 0.6) is 11.5 Å². The van der Waals surface area contributed by atoms with Crippen molar-refractivity contribution in [3.8, 4) is 11.5 Å². The smallest absolute Gasteiger partial charge is 0.335 e. The number of furan rings is 1. The van der Waals surface area contributed by atoms with Gasteiger partial charge in [-0.05, 0) is 59.6 Å². The van der Waals surface area contributed by atoms with E-state index in [0.29, 0.717) is 35.1 Å². The first-order valence-corrected chi connectivity index (χ1v) is 9.80. The Hall–Kier alpha value is -3.07. The number of hydrogen-bond acceptors (Lipinski definition) is 6. The molecule has 2 heterocycles. The number of carbonyl (C=O) groups excluding carboxylic acids is 3. The van der Waals surface area contributed by atoms with Crippen molar-refractivity contribution >= 4 is 45.5 Å². The SMILES string of the molecule is CCCOc1ccc(N2C(=O)NC(=O)/C(=C\c3ccc(Br)o3)C2=O)cc1OCC. The zero-order chi connectivity index (χ0) is 21.0. The molecule has 9 heteroatoms. The Bertz CT molecular complexity index is 981. The van der Waals surface area contributed by atoms with Crippen LogP contribution >= 0.6 is 15.9 Å². The van der Waals surface area contributed by atoms with Crippen LogP contribution in [0, 0.1) is 0 Å². The summed E-state index contributed by atoms with van der Waals surface area (Å²) in [6, 6.07) is 7.09. The monoisotopic (exact) mass is 462 g/mol. The van der Waals surface area contributed by atoms with Crippen LogP contribution in [0.2, 0.25) is 0 Å². The maximum Gasteiger partial charge on any atom is 0.335 e. The zero-order valence-corrected chi connectivity index (χ0v) is 17.4. The standard InChI is InChI=1S/C20H19BrN2O6/c1-3-9-28-15-7-5-12(10-16(15)27-4-2)23-19(25)14(18(24)22-20(23)26)11-13-6-8-17(21)29-13/h5-8,10-11H,3-4,9H2,1-2H3,(H,22,24,26)/b14-11+. The molecule has 1 N–H and O–H groups in total. The number of ether oxygens (including phenoxy) is 2. The molecule has 0 saturated carbocycles. The van der Waals surface area contributed by atoms with Gasteiger partial charge in [-0.3, -0.25) is 14.9 Å². The summed E-state index contributed by atoms with van der Waals surface area (Å²) in [6.07, 6.45) is 2.10. The molecule has 8 nitrogen and oxygen atoms in total. The average Bonchev–Trinajstić information content (AvgIpc) is 3.09. The largest absolute Gasteiger partial charge is 0.490 e. The lowest BCUT2D eigenvalue weighted by Gasteiger charge is -2.26. The Labute approximate surface area is 175 Å². The molecule has 0 atom stereocenters. The van der Waals surface area contributed by atoms with Gasteiger partial charge in [0.2, 0.25) is 0 Å². The summed E-state index contributed by atoms with van der Waals surface area (Å²) in [6.45, 7) is 4.68. The van der Waals surface area contributed by atoms with E-state index in [0.717, 1.165) is 11.3 Å². The van der Waals surface area contributed by atoms with E-state index in [-0.39, 0.29) is 11.3 Å². The predicted octanol–water partition coefficient (Wildman–Crippen LogP) is 3.90. The number of imide groups is 2. The van der Waals surface area contributed by atoms with Crippen molar-refractivity contribution in [3.63, 3.8) is 0 Å². The lowest BCUT2D eigenvalue weighted by molar-refractivity contribution is -0.122. The number of benzene rings is 1. The minimum atomic E-state index is -0.845. The van der Waals surface area contributed by atoms with Crippen molar-refractivity contribution in [1.29, 1.82) is 0 Å². The highest BCUT2D eigenvalue weighted by Gasteiger charge is 2.37. The lowest BCUT2D eigenvalue weighted by atomic mass is 10.1. The van der Waals surface area contributed by atoms with E-state index in [1.165, 1.54) is 12.1 Å². The van der Waals surface area contributed by atoms with Crippen LogP contribution in [0.4, 0.5) is 10.5 Å². The minimum Gasteiger partial charge on any atom is -0.490 e. The first kappa shape index (κ1) is 20.7. The van der Waals surface area contributed by atoms with Crippen molar-refractivity contribution in [2.24, 2.45) is 0 Å². The third kappa shape index (κ3) is 4.51. The number of barbiturate groups is 1. The number of nitrogens with one attached hydrogen (secondary N) is 1. The van der Waals surface area contributed by atoms with Gasteiger partial charge in [0.05, 0.1) is 18.9 Å². The van der Waals surface area contributed by atoms with Crippen LogP contribution in [0.1, 0.15) is 26.0 Å². The Balaban J connectivity index is 1.97. The quantitative estimate of drug-likeness (QED) is 0.494. The van der Waals surface area contributed by atoms with Gasteiger partial charge in [-0.2, -0.15) is 0 Å². The molecule has 0 bridgehead atoms. The van der Waals surface area contributed by atoms with Crippen molar-refractivity contribution in [1.82, 2.24) is 5.32 Å². The maximum absolute atomic E-state index is 12.9. The highest BCUT2D eigenvalue weighted by atomic mass is 79.9. The predicted molar refractivity (Wildman–Crippen MR) is 109 cm³/mol. The highest BCUT2D eigenvalue weighted by molar-refractivity contribution is 9.10. The first-order valence-electron chi connectivity index (χ1n) is 9.01. The van der Waals surface area contributed by atoms with Crippen LogP contribution in [0.15, 0.2) is 45.0 Å². The van der Waals surface area contributed by atoms with Crippen molar-refractivity contribution < 1.29 is 28.3 Å². The molecule has 1 aliphatic rings. The summed E-state index contributed by atoms with van der Waals surface area (Å²) in [5.41, 5.74) is 0.0227. The molecule has 1 aromatic heterocycles. The van der Waals surface area contributed by atoms with Crippen LogP contribution in [-0.2, 0) is 9.59 Å². The molecule has 1 fully saturated rings. The normalized spacial score (nSPS) is 15.6. The summed E-state index contributed by atoms with van der Waals surface area (Å²) in [7, 11) is 0. The number of rotatable bonds is 7. The second kappa shape index (κ2) is 8.95. The minimum absolute atomic E-state index is 0.226. The Kier molecular flexibility index (Phi) is 6.38. The van der Waals surface area contributed by atoms with Gasteiger partial charge in [-0.25, -0.2) is 9.69 Å². The van der Waals surface area contributed by atoms with Crippen LogP contribution in [-0.4, -0.2) is 31.1 Å². The van der Waals surface area contributed by atoms with Gasteiger partial charge in [-0.1, -0.05) is 6.92 Å². The van der Waals surface area contributed by atoms with E-state index in [4.69, 9.17) is 13.9 Å². The Morgan fingerprint density at radius 2 is 1.90 bits per heavy atom. The van der Waals surface area contributed by atoms with Crippen LogP contribution in [0.25, 0.3) is 6.08 Å². The van der Waals surface area contributed by atoms with Crippen molar-refractivity contribution in [2.75, 3.05) is 18.1 Å². The molecule has 0 spiro atoms. The number of halogens is 1. The summed E-state index contributed by atoms with van der Waals surface area (Å²) in [5, 5.41) is 2.17. The van der Waals surface area contributed by atoms with Crippen molar-refractivity contribution in [2.45, 2.75) is 20.3 Å². The van der Waals surface area contributed by atoms with Crippen molar-refractivity contribution in [3.05, 3.63) is 46.3 Å². The second-order valence-corrected chi connectivity index (χ2v) is 6.79. The molecular weight excluding hydrogens is 444 g/mol. The molecule has 3 rings (SSSR count). The molecular formula is C20H19BrN2O6. The molecule has 29 heavy (non-hydrogen) atoms. The third-order valence-corrected chi connectivity index (χ3v) is 4.36. The summed E-state index contributed by atoms with van der Waals surface area (Å²) in [5.74, 6) is -0.360. The van der Waals surface area contributed by atoms with E-state index >= 15 is 0 Å². The second-order valence-electron chi connectivity index (χ2n) is 6.01.